The van der Waals surface area contributed by atoms with Gasteiger partial charge in [0.05, 0.1) is 26.4 Å². The Bertz CT molecular complexity index is 280. The van der Waals surface area contributed by atoms with Gasteiger partial charge in [-0.1, -0.05) is 0 Å². The Labute approximate surface area is 137 Å². The Morgan fingerprint density at radius 2 is 0.947 bits per heavy atom. The van der Waals surface area contributed by atoms with E-state index in [0.717, 1.165) is 0 Å². The molecule has 0 fully saturated rings. The summed E-state index contributed by atoms with van der Waals surface area (Å²) in [6, 6.07) is 0. The van der Waals surface area contributed by atoms with Crippen molar-refractivity contribution in [2.24, 2.45) is 0 Å². The molecule has 19 heavy (non-hydrogen) atoms. The van der Waals surface area contributed by atoms with Crippen molar-refractivity contribution < 1.29 is 18.1 Å². The van der Waals surface area contributed by atoms with E-state index in [2.05, 4.69) is 0 Å². The van der Waals surface area contributed by atoms with Crippen LogP contribution in [0.2, 0.25) is 0 Å². The molecule has 0 heterocycles. The Morgan fingerprint density at radius 3 is 1.16 bits per heavy atom. The van der Waals surface area contributed by atoms with Crippen molar-refractivity contribution in [2.45, 2.75) is 27.7 Å². The van der Waals surface area contributed by atoms with E-state index >= 15 is 0 Å². The third-order valence-corrected chi connectivity index (χ3v) is 19.1. The van der Waals surface area contributed by atoms with Gasteiger partial charge in [0.15, 0.2) is 0 Å². The van der Waals surface area contributed by atoms with Gasteiger partial charge in [0.2, 0.25) is 0 Å². The van der Waals surface area contributed by atoms with Crippen molar-refractivity contribution in [3.63, 3.8) is 0 Å². The summed E-state index contributed by atoms with van der Waals surface area (Å²) in [5.41, 5.74) is -4.58. The molecule has 0 bridgehead atoms. The van der Waals surface area contributed by atoms with Gasteiger partial charge in [-0.15, -0.1) is 0 Å². The molecular formula is C8H20O4P2S5. The molecule has 0 aliphatic carbocycles. The van der Waals surface area contributed by atoms with Crippen LogP contribution in [0.4, 0.5) is 0 Å². The lowest BCUT2D eigenvalue weighted by atomic mass is 10.9. The van der Waals surface area contributed by atoms with E-state index in [1.54, 1.807) is 0 Å². The molecule has 116 valence electrons. The van der Waals surface area contributed by atoms with Gasteiger partial charge in [-0.2, -0.15) is 0 Å². The second-order valence-corrected chi connectivity index (χ2v) is 18.4. The van der Waals surface area contributed by atoms with Gasteiger partial charge < -0.3 is 18.1 Å². The summed E-state index contributed by atoms with van der Waals surface area (Å²) >= 11 is 10.8. The van der Waals surface area contributed by atoms with Gasteiger partial charge in [-0.25, -0.2) is 0 Å². The first kappa shape index (κ1) is 21.2. The summed E-state index contributed by atoms with van der Waals surface area (Å²) in [7, 11) is 4.28. The normalized spacial score (nSPS) is 12.8. The van der Waals surface area contributed by atoms with E-state index in [9.17, 15) is 0 Å². The average molecular weight is 403 g/mol. The first-order chi connectivity index (χ1) is 8.95. The van der Waals surface area contributed by atoms with Gasteiger partial charge in [0.1, 0.15) is 0 Å². The third-order valence-electron chi connectivity index (χ3n) is 1.39. The van der Waals surface area contributed by atoms with Crippen LogP contribution in [-0.4, -0.2) is 26.4 Å². The summed E-state index contributed by atoms with van der Waals surface area (Å²) in [6.45, 7) is 9.79. The number of rotatable bonds is 12. The molecule has 11 heteroatoms. The highest BCUT2D eigenvalue weighted by Crippen LogP contribution is 2.75. The van der Waals surface area contributed by atoms with E-state index in [0.29, 0.717) is 26.4 Å². The van der Waals surface area contributed by atoms with Crippen LogP contribution in [0, 0.1) is 0 Å². The molecule has 0 radical (unpaired) electrons. The summed E-state index contributed by atoms with van der Waals surface area (Å²) in [5, 5.41) is 0. The summed E-state index contributed by atoms with van der Waals surface area (Å²) in [4.78, 5) is 0. The van der Waals surface area contributed by atoms with Crippen LogP contribution in [0.1, 0.15) is 27.7 Å². The molecule has 0 aromatic rings. The Balaban J connectivity index is 4.36. The summed E-state index contributed by atoms with van der Waals surface area (Å²) < 4.78 is 22.1. The lowest BCUT2D eigenvalue weighted by Crippen LogP contribution is -1.91. The highest BCUT2D eigenvalue weighted by molar-refractivity contribution is 9.30. The first-order valence-electron chi connectivity index (χ1n) is 5.78. The maximum Gasteiger partial charge on any atom is 0.258 e. The molecule has 0 aromatic heterocycles. The Kier molecular flexibility index (Phi) is 13.1. The van der Waals surface area contributed by atoms with Gasteiger partial charge >= 0.3 is 0 Å². The van der Waals surface area contributed by atoms with Crippen LogP contribution in [0.3, 0.4) is 0 Å². The number of hydrogen-bond donors (Lipinski definition) is 0. The topological polar surface area (TPSA) is 36.9 Å². The molecule has 0 aliphatic heterocycles. The van der Waals surface area contributed by atoms with Crippen molar-refractivity contribution in [3.8, 4) is 0 Å². The second kappa shape index (κ2) is 11.7. The Hall–Kier alpha value is 2.19. The molecule has 0 aromatic carbocycles. The minimum Gasteiger partial charge on any atom is -0.321 e. The fraction of sp³-hybridized carbons (Fsp3) is 1.00. The monoisotopic (exact) mass is 402 g/mol. The van der Waals surface area contributed by atoms with Crippen LogP contribution in [0.5, 0.6) is 0 Å². The maximum atomic E-state index is 5.53. The van der Waals surface area contributed by atoms with Crippen molar-refractivity contribution >= 4 is 65.7 Å². The minimum atomic E-state index is -2.29. The average Bonchev–Trinajstić information content (AvgIpc) is 2.29. The maximum absolute atomic E-state index is 5.53. The van der Waals surface area contributed by atoms with Gasteiger partial charge in [-0.05, 0) is 61.1 Å². The standard InChI is InChI=1S/C8H20O4P2S5/c1-5-9-13(15,10-6-2)17-19-18-14(16,11-7-3)12-8-4/h5-8H2,1-4H3. The quantitative estimate of drug-likeness (QED) is 0.306. The second-order valence-electron chi connectivity index (χ2n) is 2.78. The van der Waals surface area contributed by atoms with E-state index in [-0.39, 0.29) is 0 Å². The van der Waals surface area contributed by atoms with E-state index in [4.69, 9.17) is 41.7 Å². The zero-order valence-electron chi connectivity index (χ0n) is 11.4. The molecule has 0 rings (SSSR count). The zero-order chi connectivity index (χ0) is 14.8. The third kappa shape index (κ3) is 9.74. The van der Waals surface area contributed by atoms with Gasteiger partial charge in [-0.3, -0.25) is 0 Å². The van der Waals surface area contributed by atoms with E-state index < -0.39 is 11.4 Å². The SMILES string of the molecule is CCOP(=S)(OCC)SSSP(=S)(OCC)OCC. The molecular weight excluding hydrogens is 382 g/mol. The van der Waals surface area contributed by atoms with E-state index in [1.165, 1.54) is 30.7 Å². The fourth-order valence-corrected chi connectivity index (χ4v) is 20.3. The lowest BCUT2D eigenvalue weighted by molar-refractivity contribution is 0.280. The van der Waals surface area contributed by atoms with Crippen molar-refractivity contribution in [1.29, 1.82) is 0 Å². The predicted octanol–water partition coefficient (Wildman–Crippen LogP) is 5.61. The van der Waals surface area contributed by atoms with Crippen LogP contribution in [0.25, 0.3) is 0 Å². The van der Waals surface area contributed by atoms with Crippen molar-refractivity contribution in [2.75, 3.05) is 26.4 Å². The summed E-state index contributed by atoms with van der Waals surface area (Å²) in [5.74, 6) is 0. The largest absolute Gasteiger partial charge is 0.321 e. The zero-order valence-corrected chi connectivity index (χ0v) is 17.3. The molecule has 4 nitrogen and oxygen atoms in total. The van der Waals surface area contributed by atoms with Crippen molar-refractivity contribution in [1.82, 2.24) is 0 Å². The minimum absolute atomic E-state index is 0.542. The molecule has 0 saturated carbocycles. The highest BCUT2D eigenvalue weighted by atomic mass is 33.7. The molecule has 0 atom stereocenters. The first-order valence-corrected chi connectivity index (χ1v) is 15.7. The Morgan fingerprint density at radius 1 is 0.684 bits per heavy atom. The van der Waals surface area contributed by atoms with Crippen LogP contribution in [0.15, 0.2) is 0 Å². The number of hydrogen-bond acceptors (Lipinski definition) is 9. The molecule has 0 spiro atoms. The highest BCUT2D eigenvalue weighted by Gasteiger charge is 2.25. The van der Waals surface area contributed by atoms with E-state index in [1.807, 2.05) is 27.7 Å². The fourth-order valence-electron chi connectivity index (χ4n) is 0.881. The van der Waals surface area contributed by atoms with Crippen molar-refractivity contribution in [3.05, 3.63) is 0 Å². The molecule has 0 saturated heterocycles. The predicted molar refractivity (Wildman–Crippen MR) is 97.8 cm³/mol. The molecule has 0 aliphatic rings. The van der Waals surface area contributed by atoms with Crippen LogP contribution >= 0.6 is 42.0 Å². The van der Waals surface area contributed by atoms with Gasteiger partial charge in [0, 0.05) is 20.8 Å². The van der Waals surface area contributed by atoms with Crippen LogP contribution < -0.4 is 0 Å². The molecule has 0 amide bonds. The van der Waals surface area contributed by atoms with Crippen LogP contribution in [-0.2, 0) is 41.7 Å². The molecule has 0 unspecified atom stereocenters. The summed E-state index contributed by atoms with van der Waals surface area (Å²) in [6.07, 6.45) is 0. The molecule has 0 N–H and O–H groups in total. The smallest absolute Gasteiger partial charge is 0.258 e. The lowest BCUT2D eigenvalue weighted by Gasteiger charge is -2.21. The van der Waals surface area contributed by atoms with Gasteiger partial charge in [0.25, 0.3) is 11.4 Å².